The summed E-state index contributed by atoms with van der Waals surface area (Å²) in [6, 6.07) is 0.792. The van der Waals surface area contributed by atoms with Crippen LogP contribution in [0, 0.1) is 0 Å². The lowest BCUT2D eigenvalue weighted by atomic mass is 9.67. The van der Waals surface area contributed by atoms with Crippen molar-refractivity contribution in [3.63, 3.8) is 0 Å². The normalized spacial score (nSPS) is 26.0. The molecule has 8 heteroatoms. The van der Waals surface area contributed by atoms with Crippen LogP contribution in [0.3, 0.4) is 0 Å². The van der Waals surface area contributed by atoms with E-state index in [1.54, 1.807) is 0 Å². The van der Waals surface area contributed by atoms with Crippen molar-refractivity contribution in [1.29, 1.82) is 0 Å². The van der Waals surface area contributed by atoms with E-state index >= 15 is 0 Å². The van der Waals surface area contributed by atoms with E-state index < -0.39 is 0 Å². The molecule has 0 amide bonds. The summed E-state index contributed by atoms with van der Waals surface area (Å²) in [7, 11) is 0. The maximum Gasteiger partial charge on any atom is 0.171 e. The molecule has 2 fully saturated rings. The summed E-state index contributed by atoms with van der Waals surface area (Å²) in [5.74, 6) is 1.17. The van der Waals surface area contributed by atoms with E-state index in [4.69, 9.17) is 10.7 Å². The molecule has 0 aliphatic heterocycles. The largest absolute Gasteiger partial charge is 0.367 e. The molecule has 0 bridgehead atoms. The van der Waals surface area contributed by atoms with Crippen LogP contribution < -0.4 is 11.1 Å². The fraction of sp³-hybridized carbons (Fsp3) is 0.647. The van der Waals surface area contributed by atoms with Crippen LogP contribution in [0.15, 0.2) is 10.7 Å². The van der Waals surface area contributed by atoms with E-state index in [0.29, 0.717) is 17.5 Å². The van der Waals surface area contributed by atoms with Gasteiger partial charge < -0.3 is 11.1 Å². The summed E-state index contributed by atoms with van der Waals surface area (Å²) >= 11 is 3.62. The number of hydrogen-bond acceptors (Lipinski definition) is 4. The maximum atomic E-state index is 6.10. The second-order valence-electron chi connectivity index (χ2n) is 7.56. The number of nitrogens with two attached hydrogens (primary N) is 1. The Balaban J connectivity index is 0.000000911. The highest BCUT2D eigenvalue weighted by molar-refractivity contribution is 9.10. The van der Waals surface area contributed by atoms with Crippen LogP contribution in [-0.2, 0) is 11.8 Å². The Hall–Kier alpha value is -0.560. The molecule has 0 saturated heterocycles. The lowest BCUT2D eigenvalue weighted by Gasteiger charge is -2.38. The minimum atomic E-state index is 0. The highest BCUT2D eigenvalue weighted by Gasteiger charge is 2.46. The Morgan fingerprint density at radius 2 is 2.04 bits per heavy atom. The number of anilines is 1. The van der Waals surface area contributed by atoms with Crippen molar-refractivity contribution in [2.45, 2.75) is 68.9 Å². The first-order valence-electron chi connectivity index (χ1n) is 8.75. The molecule has 3 aliphatic carbocycles. The molecule has 3 aliphatic rings. The topological polar surface area (TPSA) is 68.2 Å². The molecule has 2 heterocycles. The van der Waals surface area contributed by atoms with Gasteiger partial charge in [-0.15, -0.1) is 24.8 Å². The van der Waals surface area contributed by atoms with E-state index in [2.05, 4.69) is 26.3 Å². The van der Waals surface area contributed by atoms with E-state index in [1.807, 2.05) is 10.7 Å². The lowest BCUT2D eigenvalue weighted by molar-refractivity contribution is 0.238. The van der Waals surface area contributed by atoms with Crippen LogP contribution in [0.1, 0.15) is 56.2 Å². The molecule has 25 heavy (non-hydrogen) atoms. The van der Waals surface area contributed by atoms with Gasteiger partial charge in [0.2, 0.25) is 0 Å². The second kappa shape index (κ2) is 6.87. The van der Waals surface area contributed by atoms with E-state index in [0.717, 1.165) is 35.8 Å². The van der Waals surface area contributed by atoms with Crippen LogP contribution in [0.5, 0.6) is 0 Å². The number of halogens is 3. The van der Waals surface area contributed by atoms with Gasteiger partial charge in [-0.3, -0.25) is 0 Å². The van der Waals surface area contributed by atoms with Crippen LogP contribution in [0.2, 0.25) is 0 Å². The first-order valence-corrected chi connectivity index (χ1v) is 9.54. The number of aromatic nitrogens is 3. The Bertz CT molecular complexity index is 789. The van der Waals surface area contributed by atoms with Gasteiger partial charge in [-0.25, -0.2) is 4.98 Å². The zero-order valence-electron chi connectivity index (χ0n) is 14.0. The summed E-state index contributed by atoms with van der Waals surface area (Å²) in [5.41, 5.74) is 10.1. The average Bonchev–Trinajstić information content (AvgIpc) is 3.17. The summed E-state index contributed by atoms with van der Waals surface area (Å²) < 4.78 is 2.97. The van der Waals surface area contributed by atoms with Gasteiger partial charge in [0.15, 0.2) is 5.65 Å². The third-order valence-electron chi connectivity index (χ3n) is 6.18. The molecule has 3 N–H and O–H groups in total. The Morgan fingerprint density at radius 3 is 2.68 bits per heavy atom. The second-order valence-corrected chi connectivity index (χ2v) is 8.42. The van der Waals surface area contributed by atoms with Crippen molar-refractivity contribution < 1.29 is 0 Å². The Labute approximate surface area is 168 Å². The molecular formula is C17H24BrCl2N5. The first-order chi connectivity index (χ1) is 11.2. The number of hydrogen-bond donors (Lipinski definition) is 2. The third kappa shape index (κ3) is 2.85. The summed E-state index contributed by atoms with van der Waals surface area (Å²) in [6.45, 7) is 0. The smallest absolute Gasteiger partial charge is 0.171 e. The maximum absolute atomic E-state index is 6.10. The van der Waals surface area contributed by atoms with Gasteiger partial charge in [0.1, 0.15) is 5.82 Å². The van der Waals surface area contributed by atoms with Gasteiger partial charge in [-0.2, -0.15) is 9.61 Å². The molecule has 2 atom stereocenters. The summed E-state index contributed by atoms with van der Waals surface area (Å²) in [4.78, 5) is 5.03. The Kier molecular flexibility index (Phi) is 5.28. The predicted molar refractivity (Wildman–Crippen MR) is 108 cm³/mol. The molecular weight excluding hydrogens is 425 g/mol. The molecule has 2 aromatic rings. The van der Waals surface area contributed by atoms with Crippen LogP contribution in [0.4, 0.5) is 5.82 Å². The van der Waals surface area contributed by atoms with E-state index in [-0.39, 0.29) is 24.8 Å². The van der Waals surface area contributed by atoms with Crippen molar-refractivity contribution >= 4 is 52.2 Å². The predicted octanol–water partition coefficient (Wildman–Crippen LogP) is 4.00. The fourth-order valence-corrected chi connectivity index (χ4v) is 5.09. The van der Waals surface area contributed by atoms with Gasteiger partial charge in [0, 0.05) is 23.1 Å². The molecule has 5 nitrogen and oxygen atoms in total. The van der Waals surface area contributed by atoms with Crippen molar-refractivity contribution in [3.8, 4) is 0 Å². The molecule has 0 radical (unpaired) electrons. The molecule has 138 valence electrons. The van der Waals surface area contributed by atoms with Gasteiger partial charge in [0.25, 0.3) is 0 Å². The number of fused-ring (bicyclic) bond motifs is 3. The highest BCUT2D eigenvalue weighted by atomic mass is 79.9. The standard InChI is InChI=1S/C17H22BrN5.2ClH/c18-13-9-20-23-15(21-11-3-2-10(19)8-11)12-4-7-17(5-1-6-17)14(12)22-16(13)23;;/h9-11,21H,1-8,19H2;2*1H/t10-,11-;;/m0../s1. The molecule has 2 aromatic heterocycles. The highest BCUT2D eigenvalue weighted by Crippen LogP contribution is 2.53. The van der Waals surface area contributed by atoms with Gasteiger partial charge in [-0.1, -0.05) is 6.42 Å². The van der Waals surface area contributed by atoms with Crippen molar-refractivity contribution in [1.82, 2.24) is 14.6 Å². The van der Waals surface area contributed by atoms with Crippen molar-refractivity contribution in [2.75, 3.05) is 5.32 Å². The van der Waals surface area contributed by atoms with Crippen LogP contribution >= 0.6 is 40.7 Å². The van der Waals surface area contributed by atoms with Crippen molar-refractivity contribution in [3.05, 3.63) is 21.9 Å². The summed E-state index contributed by atoms with van der Waals surface area (Å²) in [6.07, 6.45) is 11.5. The Morgan fingerprint density at radius 1 is 1.24 bits per heavy atom. The summed E-state index contributed by atoms with van der Waals surface area (Å²) in [5, 5.41) is 8.34. The van der Waals surface area contributed by atoms with Gasteiger partial charge in [-0.05, 0) is 60.9 Å². The van der Waals surface area contributed by atoms with Gasteiger partial charge in [0.05, 0.1) is 16.4 Å². The number of nitrogens with zero attached hydrogens (tertiary/aromatic N) is 3. The number of rotatable bonds is 2. The monoisotopic (exact) mass is 447 g/mol. The van der Waals surface area contributed by atoms with Crippen LogP contribution in [-0.4, -0.2) is 26.7 Å². The van der Waals surface area contributed by atoms with Crippen molar-refractivity contribution in [2.24, 2.45) is 5.73 Å². The fourth-order valence-electron chi connectivity index (χ4n) is 4.74. The van der Waals surface area contributed by atoms with E-state index in [9.17, 15) is 0 Å². The first kappa shape index (κ1) is 19.2. The van der Waals surface area contributed by atoms with Gasteiger partial charge >= 0.3 is 0 Å². The lowest BCUT2D eigenvalue weighted by Crippen LogP contribution is -2.32. The van der Waals surface area contributed by atoms with E-state index in [1.165, 1.54) is 42.8 Å². The molecule has 1 spiro atoms. The third-order valence-corrected chi connectivity index (χ3v) is 6.74. The minimum Gasteiger partial charge on any atom is -0.367 e. The quantitative estimate of drug-likeness (QED) is 0.728. The van der Waals surface area contributed by atoms with Crippen LogP contribution in [0.25, 0.3) is 5.65 Å². The number of nitrogens with one attached hydrogen (secondary N) is 1. The zero-order valence-corrected chi connectivity index (χ0v) is 17.2. The zero-order chi connectivity index (χ0) is 15.6. The SMILES string of the molecule is Cl.Cl.N[C@H]1CC[C@H](Nc2c3c(nc4c(Br)cnn24)C2(CCC2)CC3)C1. The molecule has 2 saturated carbocycles. The minimum absolute atomic E-state index is 0. The average molecular weight is 449 g/mol. The molecule has 0 aromatic carbocycles. The molecule has 5 rings (SSSR count). The molecule has 0 unspecified atom stereocenters.